The van der Waals surface area contributed by atoms with Crippen molar-refractivity contribution in [2.75, 3.05) is 0 Å². The maximum atomic E-state index is 11.4. The second-order valence-electron chi connectivity index (χ2n) is 5.37. The summed E-state index contributed by atoms with van der Waals surface area (Å²) in [5, 5.41) is 7.33. The van der Waals surface area contributed by atoms with Crippen molar-refractivity contribution in [1.82, 2.24) is 15.1 Å². The van der Waals surface area contributed by atoms with Crippen molar-refractivity contribution in [2.24, 2.45) is 0 Å². The molecule has 1 atom stereocenters. The van der Waals surface area contributed by atoms with Gasteiger partial charge in [-0.3, -0.25) is 9.48 Å². The van der Waals surface area contributed by atoms with Crippen LogP contribution in [0.5, 0.6) is 0 Å². The molecule has 1 N–H and O–H groups in total. The molecule has 88 valence electrons. The standard InChI is InChI=1S/C12H19N3O/c1-8(2)15-7-9(6-13-15)10-5-11(16)14-12(10,3)4/h6-8,10H,5H2,1-4H3,(H,14,16). The molecule has 1 unspecified atom stereocenters. The fourth-order valence-electron chi connectivity index (χ4n) is 2.29. The molecular weight excluding hydrogens is 202 g/mol. The molecule has 4 heteroatoms. The van der Waals surface area contributed by atoms with Crippen molar-refractivity contribution < 1.29 is 4.79 Å². The van der Waals surface area contributed by atoms with Crippen LogP contribution in [0, 0.1) is 0 Å². The van der Waals surface area contributed by atoms with Crippen LogP contribution < -0.4 is 5.32 Å². The largest absolute Gasteiger partial charge is 0.351 e. The van der Waals surface area contributed by atoms with Crippen LogP contribution in [0.1, 0.15) is 51.6 Å². The van der Waals surface area contributed by atoms with E-state index in [1.54, 1.807) is 0 Å². The number of aromatic nitrogens is 2. The van der Waals surface area contributed by atoms with Crippen molar-refractivity contribution in [3.63, 3.8) is 0 Å². The summed E-state index contributed by atoms with van der Waals surface area (Å²) in [6.45, 7) is 8.32. The first-order chi connectivity index (χ1) is 7.40. The van der Waals surface area contributed by atoms with Crippen LogP contribution in [0.3, 0.4) is 0 Å². The lowest BCUT2D eigenvalue weighted by molar-refractivity contribution is -0.119. The molecule has 1 saturated heterocycles. The molecule has 2 heterocycles. The minimum absolute atomic E-state index is 0.132. The smallest absolute Gasteiger partial charge is 0.221 e. The highest BCUT2D eigenvalue weighted by Gasteiger charge is 2.40. The Bertz CT molecular complexity index is 406. The average molecular weight is 221 g/mol. The van der Waals surface area contributed by atoms with E-state index >= 15 is 0 Å². The molecule has 1 aliphatic rings. The normalized spacial score (nSPS) is 23.8. The van der Waals surface area contributed by atoms with Gasteiger partial charge in [0.25, 0.3) is 0 Å². The maximum Gasteiger partial charge on any atom is 0.221 e. The summed E-state index contributed by atoms with van der Waals surface area (Å²) in [4.78, 5) is 11.4. The van der Waals surface area contributed by atoms with Gasteiger partial charge in [-0.05, 0) is 33.3 Å². The van der Waals surface area contributed by atoms with Crippen LogP contribution in [0.15, 0.2) is 12.4 Å². The molecule has 1 fully saturated rings. The highest BCUT2D eigenvalue weighted by atomic mass is 16.2. The molecule has 2 rings (SSSR count). The molecule has 0 radical (unpaired) electrons. The van der Waals surface area contributed by atoms with Gasteiger partial charge in [0.15, 0.2) is 0 Å². The molecule has 0 spiro atoms. The van der Waals surface area contributed by atoms with Gasteiger partial charge in [0.05, 0.1) is 6.20 Å². The monoisotopic (exact) mass is 221 g/mol. The van der Waals surface area contributed by atoms with E-state index in [1.165, 1.54) is 0 Å². The lowest BCUT2D eigenvalue weighted by atomic mass is 9.85. The molecule has 1 aromatic rings. The number of amides is 1. The summed E-state index contributed by atoms with van der Waals surface area (Å²) in [6.07, 6.45) is 4.50. The van der Waals surface area contributed by atoms with E-state index in [-0.39, 0.29) is 17.4 Å². The van der Waals surface area contributed by atoms with E-state index in [9.17, 15) is 4.79 Å². The Morgan fingerprint density at radius 3 is 2.69 bits per heavy atom. The zero-order valence-corrected chi connectivity index (χ0v) is 10.3. The lowest BCUT2D eigenvalue weighted by Gasteiger charge is -2.25. The average Bonchev–Trinajstić information content (AvgIpc) is 2.69. The van der Waals surface area contributed by atoms with Crippen LogP contribution in [-0.2, 0) is 4.79 Å². The summed E-state index contributed by atoms with van der Waals surface area (Å²) in [7, 11) is 0. The molecule has 1 aliphatic heterocycles. The second-order valence-corrected chi connectivity index (χ2v) is 5.37. The van der Waals surface area contributed by atoms with Gasteiger partial charge in [0.2, 0.25) is 5.91 Å². The quantitative estimate of drug-likeness (QED) is 0.828. The van der Waals surface area contributed by atoms with Gasteiger partial charge in [-0.2, -0.15) is 5.10 Å². The predicted octanol–water partition coefficient (Wildman–Crippen LogP) is 1.85. The Hall–Kier alpha value is -1.32. The zero-order chi connectivity index (χ0) is 11.9. The summed E-state index contributed by atoms with van der Waals surface area (Å²) in [5.41, 5.74) is 0.985. The van der Waals surface area contributed by atoms with Crippen LogP contribution in [-0.4, -0.2) is 21.2 Å². The topological polar surface area (TPSA) is 46.9 Å². The number of carbonyl (C=O) groups excluding carboxylic acids is 1. The minimum atomic E-state index is -0.165. The summed E-state index contributed by atoms with van der Waals surface area (Å²) in [6, 6.07) is 0.363. The SMILES string of the molecule is CC(C)n1cc(C2CC(=O)NC2(C)C)cn1. The van der Waals surface area contributed by atoms with Gasteiger partial charge >= 0.3 is 0 Å². The third-order valence-electron chi connectivity index (χ3n) is 3.28. The van der Waals surface area contributed by atoms with Gasteiger partial charge in [0.1, 0.15) is 0 Å². The number of rotatable bonds is 2. The first kappa shape index (κ1) is 11.2. The van der Waals surface area contributed by atoms with Gasteiger partial charge in [0, 0.05) is 30.1 Å². The van der Waals surface area contributed by atoms with Crippen LogP contribution in [0.25, 0.3) is 0 Å². The van der Waals surface area contributed by atoms with Gasteiger partial charge < -0.3 is 5.32 Å². The third kappa shape index (κ3) is 1.84. The van der Waals surface area contributed by atoms with Gasteiger partial charge in [-0.15, -0.1) is 0 Å². The van der Waals surface area contributed by atoms with E-state index in [4.69, 9.17) is 0 Å². The van der Waals surface area contributed by atoms with E-state index in [1.807, 2.05) is 10.9 Å². The maximum absolute atomic E-state index is 11.4. The Morgan fingerprint density at radius 1 is 1.56 bits per heavy atom. The minimum Gasteiger partial charge on any atom is -0.351 e. The fourth-order valence-corrected chi connectivity index (χ4v) is 2.29. The predicted molar refractivity (Wildman–Crippen MR) is 62.2 cm³/mol. The molecule has 0 saturated carbocycles. The molecule has 0 aliphatic carbocycles. The fraction of sp³-hybridized carbons (Fsp3) is 0.667. The summed E-state index contributed by atoms with van der Waals surface area (Å²) in [5.74, 6) is 0.361. The molecule has 0 aromatic carbocycles. The number of carbonyl (C=O) groups is 1. The van der Waals surface area contributed by atoms with Crippen LogP contribution in [0.4, 0.5) is 0 Å². The van der Waals surface area contributed by atoms with E-state index < -0.39 is 0 Å². The molecule has 16 heavy (non-hydrogen) atoms. The molecule has 1 amide bonds. The molecule has 0 bridgehead atoms. The van der Waals surface area contributed by atoms with Crippen molar-refractivity contribution in [3.8, 4) is 0 Å². The van der Waals surface area contributed by atoms with E-state index in [0.717, 1.165) is 5.56 Å². The Labute approximate surface area is 96.0 Å². The number of hydrogen-bond acceptors (Lipinski definition) is 2. The highest BCUT2D eigenvalue weighted by molar-refractivity contribution is 5.81. The Balaban J connectivity index is 2.27. The number of nitrogens with one attached hydrogen (secondary N) is 1. The van der Waals surface area contributed by atoms with Crippen molar-refractivity contribution >= 4 is 5.91 Å². The summed E-state index contributed by atoms with van der Waals surface area (Å²) < 4.78 is 1.94. The first-order valence-electron chi connectivity index (χ1n) is 5.75. The summed E-state index contributed by atoms with van der Waals surface area (Å²) >= 11 is 0. The van der Waals surface area contributed by atoms with Crippen molar-refractivity contribution in [1.29, 1.82) is 0 Å². The third-order valence-corrected chi connectivity index (χ3v) is 3.28. The molecule has 1 aromatic heterocycles. The second kappa shape index (κ2) is 3.61. The van der Waals surface area contributed by atoms with E-state index in [0.29, 0.717) is 12.5 Å². The Morgan fingerprint density at radius 2 is 2.25 bits per heavy atom. The number of nitrogens with zero attached hydrogens (tertiary/aromatic N) is 2. The molecule has 4 nitrogen and oxygen atoms in total. The van der Waals surface area contributed by atoms with Crippen LogP contribution in [0.2, 0.25) is 0 Å². The number of hydrogen-bond donors (Lipinski definition) is 1. The Kier molecular flexibility index (Phi) is 2.52. The lowest BCUT2D eigenvalue weighted by Crippen LogP contribution is -2.38. The van der Waals surface area contributed by atoms with Gasteiger partial charge in [-0.25, -0.2) is 0 Å². The molecular formula is C12H19N3O. The highest BCUT2D eigenvalue weighted by Crippen LogP contribution is 2.35. The zero-order valence-electron chi connectivity index (χ0n) is 10.3. The first-order valence-corrected chi connectivity index (χ1v) is 5.75. The van der Waals surface area contributed by atoms with Gasteiger partial charge in [-0.1, -0.05) is 0 Å². The van der Waals surface area contributed by atoms with Crippen molar-refractivity contribution in [3.05, 3.63) is 18.0 Å². The van der Waals surface area contributed by atoms with Crippen molar-refractivity contribution in [2.45, 2.75) is 51.6 Å². The van der Waals surface area contributed by atoms with Crippen LogP contribution >= 0.6 is 0 Å². The van der Waals surface area contributed by atoms with E-state index in [2.05, 4.69) is 44.3 Å².